The van der Waals surface area contributed by atoms with Crippen LogP contribution in [-0.4, -0.2) is 93.6 Å². The minimum absolute atomic E-state index is 0.00840. The number of hydrogen-bond acceptors (Lipinski definition) is 9. The molecule has 0 fully saturated rings. The van der Waals surface area contributed by atoms with Crippen molar-refractivity contribution in [3.05, 3.63) is 59.4 Å². The summed E-state index contributed by atoms with van der Waals surface area (Å²) in [6.45, 7) is 3.50. The maximum Gasteiger partial charge on any atom is 0.246 e. The Morgan fingerprint density at radius 2 is 2.00 bits per heavy atom. The Kier molecular flexibility index (Phi) is 9.58. The third-order valence-corrected chi connectivity index (χ3v) is 8.95. The summed E-state index contributed by atoms with van der Waals surface area (Å²) in [6.07, 6.45) is 0.619. The molecule has 41 heavy (non-hydrogen) atoms. The third-order valence-electron chi connectivity index (χ3n) is 6.86. The normalized spacial score (nSPS) is 18.6. The number of fused-ring (bicyclic) bond motifs is 1. The van der Waals surface area contributed by atoms with Crippen LogP contribution in [0.1, 0.15) is 19.4 Å². The molecule has 0 saturated heterocycles. The molecule has 0 saturated carbocycles. The Balaban J connectivity index is 1.62. The molecule has 4 rings (SSSR count). The second-order valence-electron chi connectivity index (χ2n) is 10.0. The fourth-order valence-corrected chi connectivity index (χ4v) is 5.77. The molecule has 1 aliphatic heterocycles. The van der Waals surface area contributed by atoms with Crippen LogP contribution in [0.2, 0.25) is 5.02 Å². The van der Waals surface area contributed by atoms with E-state index in [2.05, 4.69) is 20.8 Å². The molecule has 220 valence electrons. The highest BCUT2D eigenvalue weighted by Gasteiger charge is 2.33. The minimum atomic E-state index is -3.86. The largest absolute Gasteiger partial charge is 0.488 e. The van der Waals surface area contributed by atoms with Crippen LogP contribution in [0.15, 0.2) is 53.7 Å². The Morgan fingerprint density at radius 1 is 1.27 bits per heavy atom. The van der Waals surface area contributed by atoms with Gasteiger partial charge in [0, 0.05) is 35.8 Å². The van der Waals surface area contributed by atoms with Crippen LogP contribution in [0.3, 0.4) is 0 Å². The number of carbonyl (C=O) groups is 2. The average Bonchev–Trinajstić information content (AvgIpc) is 3.45. The zero-order valence-corrected chi connectivity index (χ0v) is 24.4. The number of ether oxygens (including phenoxy) is 1. The van der Waals surface area contributed by atoms with E-state index in [-0.39, 0.29) is 55.3 Å². The zero-order chi connectivity index (χ0) is 29.7. The highest BCUT2D eigenvalue weighted by molar-refractivity contribution is 7.89. The first kappa shape index (κ1) is 30.4. The fourth-order valence-electron chi connectivity index (χ4n) is 4.46. The summed E-state index contributed by atoms with van der Waals surface area (Å²) < 4.78 is 35.5. The van der Waals surface area contributed by atoms with Gasteiger partial charge in [0.1, 0.15) is 24.7 Å². The maximum absolute atomic E-state index is 13.4. The van der Waals surface area contributed by atoms with Crippen LogP contribution < -0.4 is 10.1 Å². The first-order valence-electron chi connectivity index (χ1n) is 12.9. The van der Waals surface area contributed by atoms with Gasteiger partial charge in [-0.15, -0.1) is 5.10 Å². The number of carbonyl (C=O) groups excluding carboxylic acids is 2. The van der Waals surface area contributed by atoms with Crippen molar-refractivity contribution in [1.29, 1.82) is 0 Å². The molecule has 2 N–H and O–H groups in total. The zero-order valence-electron chi connectivity index (χ0n) is 22.8. The van der Waals surface area contributed by atoms with E-state index in [4.69, 9.17) is 16.3 Å². The molecule has 0 spiro atoms. The van der Waals surface area contributed by atoms with Crippen molar-refractivity contribution in [2.45, 2.75) is 43.9 Å². The Labute approximate surface area is 243 Å². The standard InChI is InChI=1S/C26H32ClN7O6S/c1-17-12-34(18(2)15-35)26(37)11-19-10-21(29-25(36)14-33-16-28-30-31-33)6-9-23(19)40-24(17)13-32(3)41(38,39)22-7-4-20(27)5-8-22/h4-10,16-18,24,35H,11-15H2,1-3H3,(H,29,36)/t17-,18-,24+/m0/s1. The lowest BCUT2D eigenvalue weighted by Gasteiger charge is -2.33. The molecular weight excluding hydrogens is 574 g/mol. The van der Waals surface area contributed by atoms with Gasteiger partial charge in [0.15, 0.2) is 0 Å². The van der Waals surface area contributed by atoms with Crippen molar-refractivity contribution in [3.63, 3.8) is 0 Å². The summed E-state index contributed by atoms with van der Waals surface area (Å²) in [5, 5.41) is 23.7. The highest BCUT2D eigenvalue weighted by Crippen LogP contribution is 2.30. The fraction of sp³-hybridized carbons (Fsp3) is 0.423. The van der Waals surface area contributed by atoms with E-state index < -0.39 is 22.2 Å². The number of rotatable bonds is 9. The van der Waals surface area contributed by atoms with Gasteiger partial charge >= 0.3 is 0 Å². The smallest absolute Gasteiger partial charge is 0.246 e. The summed E-state index contributed by atoms with van der Waals surface area (Å²) in [6, 6.07) is 10.4. The highest BCUT2D eigenvalue weighted by atomic mass is 35.5. The predicted molar refractivity (Wildman–Crippen MR) is 150 cm³/mol. The lowest BCUT2D eigenvalue weighted by molar-refractivity contribution is -0.134. The molecule has 0 bridgehead atoms. The minimum Gasteiger partial charge on any atom is -0.488 e. The van der Waals surface area contributed by atoms with E-state index in [1.165, 1.54) is 46.6 Å². The second kappa shape index (κ2) is 12.9. The number of halogens is 1. The summed E-state index contributed by atoms with van der Waals surface area (Å²) in [5.41, 5.74) is 0.943. The summed E-state index contributed by atoms with van der Waals surface area (Å²) in [4.78, 5) is 27.6. The van der Waals surface area contributed by atoms with E-state index in [0.717, 1.165) is 0 Å². The van der Waals surface area contributed by atoms with Gasteiger partial charge in [-0.2, -0.15) is 4.31 Å². The number of benzene rings is 2. The summed E-state index contributed by atoms with van der Waals surface area (Å²) >= 11 is 5.94. The molecule has 3 atom stereocenters. The topological polar surface area (TPSA) is 160 Å². The molecule has 0 radical (unpaired) electrons. The van der Waals surface area contributed by atoms with Crippen molar-refractivity contribution in [2.24, 2.45) is 5.92 Å². The number of tetrazole rings is 1. The van der Waals surface area contributed by atoms with E-state index in [0.29, 0.717) is 22.0 Å². The number of sulfonamides is 1. The molecule has 1 aromatic heterocycles. The molecule has 1 aliphatic rings. The Bertz CT molecular complexity index is 1470. The van der Waals surface area contributed by atoms with Gasteiger partial charge in [0.25, 0.3) is 0 Å². The van der Waals surface area contributed by atoms with E-state index in [1.807, 2.05) is 6.92 Å². The van der Waals surface area contributed by atoms with Crippen molar-refractivity contribution in [3.8, 4) is 5.75 Å². The first-order chi connectivity index (χ1) is 19.5. The van der Waals surface area contributed by atoms with Crippen LogP contribution in [0.4, 0.5) is 5.69 Å². The van der Waals surface area contributed by atoms with Gasteiger partial charge in [-0.1, -0.05) is 18.5 Å². The lowest BCUT2D eigenvalue weighted by Crippen LogP contribution is -2.48. The number of anilines is 1. The summed E-state index contributed by atoms with van der Waals surface area (Å²) in [7, 11) is -2.39. The van der Waals surface area contributed by atoms with Gasteiger partial charge in [0.05, 0.1) is 30.5 Å². The number of aliphatic hydroxyl groups is 1. The van der Waals surface area contributed by atoms with Crippen LogP contribution in [0.5, 0.6) is 5.75 Å². The first-order valence-corrected chi connectivity index (χ1v) is 14.7. The van der Waals surface area contributed by atoms with Gasteiger partial charge in [-0.05, 0) is 59.8 Å². The number of amides is 2. The average molecular weight is 606 g/mol. The summed E-state index contributed by atoms with van der Waals surface area (Å²) in [5.74, 6) is -0.520. The number of likely N-dealkylation sites (N-methyl/N-ethyl adjacent to an activating group) is 1. The molecule has 0 unspecified atom stereocenters. The van der Waals surface area contributed by atoms with Crippen molar-refractivity contribution in [2.75, 3.05) is 32.1 Å². The van der Waals surface area contributed by atoms with E-state index >= 15 is 0 Å². The number of hydrogen-bond donors (Lipinski definition) is 2. The molecule has 2 amide bonds. The van der Waals surface area contributed by atoms with Gasteiger partial charge in [-0.3, -0.25) is 9.59 Å². The molecule has 2 heterocycles. The number of aromatic nitrogens is 4. The van der Waals surface area contributed by atoms with Gasteiger partial charge < -0.3 is 20.1 Å². The Morgan fingerprint density at radius 3 is 2.66 bits per heavy atom. The predicted octanol–water partition coefficient (Wildman–Crippen LogP) is 1.43. The SMILES string of the molecule is C[C@H]1CN([C@@H](C)CO)C(=O)Cc2cc(NC(=O)Cn3cnnn3)ccc2O[C@@H]1CN(C)S(=O)(=O)c1ccc(Cl)cc1. The van der Waals surface area contributed by atoms with Gasteiger partial charge in [0.2, 0.25) is 21.8 Å². The Hall–Kier alpha value is -3.59. The third kappa shape index (κ3) is 7.38. The molecule has 15 heteroatoms. The van der Waals surface area contributed by atoms with Crippen LogP contribution >= 0.6 is 11.6 Å². The van der Waals surface area contributed by atoms with E-state index in [9.17, 15) is 23.1 Å². The monoisotopic (exact) mass is 605 g/mol. The quantitative estimate of drug-likeness (QED) is 0.368. The number of nitrogens with one attached hydrogen (secondary N) is 1. The molecule has 0 aliphatic carbocycles. The number of nitrogens with zero attached hydrogens (tertiary/aromatic N) is 6. The molecule has 13 nitrogen and oxygen atoms in total. The maximum atomic E-state index is 13.4. The number of aliphatic hydroxyl groups excluding tert-OH is 1. The van der Waals surface area contributed by atoms with Crippen LogP contribution in [-0.2, 0) is 32.6 Å². The second-order valence-corrected chi connectivity index (χ2v) is 12.5. The lowest BCUT2D eigenvalue weighted by atomic mass is 10.0. The van der Waals surface area contributed by atoms with Crippen LogP contribution in [0.25, 0.3) is 0 Å². The van der Waals surface area contributed by atoms with Gasteiger partial charge in [-0.25, -0.2) is 13.1 Å². The van der Waals surface area contributed by atoms with E-state index in [1.54, 1.807) is 30.0 Å². The van der Waals surface area contributed by atoms with Crippen molar-refractivity contribution in [1.82, 2.24) is 29.4 Å². The molecular formula is C26H32ClN7O6S. The molecule has 3 aromatic rings. The van der Waals surface area contributed by atoms with Crippen molar-refractivity contribution < 1.29 is 27.9 Å². The van der Waals surface area contributed by atoms with Crippen molar-refractivity contribution >= 4 is 39.1 Å². The van der Waals surface area contributed by atoms with Crippen LogP contribution in [0, 0.1) is 5.92 Å². The molecule has 2 aromatic carbocycles.